The first-order chi connectivity index (χ1) is 32.0. The highest BCUT2D eigenvalue weighted by atomic mass is 19.4. The molecule has 2 heterocycles. The fraction of sp³-hybridized carbons (Fsp3) is 0.167. The molecule has 332 valence electrons. The van der Waals surface area contributed by atoms with Gasteiger partial charge < -0.3 is 18.6 Å². The van der Waals surface area contributed by atoms with Gasteiger partial charge in [0.25, 0.3) is 0 Å². The molecule has 0 amide bonds. The number of nitrogens with zero attached hydrogens (tertiary/aromatic N) is 2. The van der Waals surface area contributed by atoms with Crippen LogP contribution in [0.25, 0.3) is 65.4 Å². The third kappa shape index (κ3) is 7.53. The van der Waals surface area contributed by atoms with Crippen LogP contribution in [0.15, 0.2) is 179 Å². The van der Waals surface area contributed by atoms with Gasteiger partial charge in [0.1, 0.15) is 22.3 Å². The van der Waals surface area contributed by atoms with Crippen molar-refractivity contribution in [3.05, 3.63) is 192 Å². The van der Waals surface area contributed by atoms with Crippen molar-refractivity contribution >= 4 is 99.5 Å². The van der Waals surface area contributed by atoms with Crippen LogP contribution < -0.4 is 9.80 Å². The molecule has 0 spiro atoms. The maximum Gasteiger partial charge on any atom is 0.416 e. The molecule has 2 aromatic heterocycles. The molecule has 0 fully saturated rings. The Labute approximate surface area is 387 Å². The molecule has 11 aromatic rings. The highest BCUT2D eigenvalue weighted by Gasteiger charge is 2.30. The number of anilines is 6. The van der Waals surface area contributed by atoms with Gasteiger partial charge in [-0.1, -0.05) is 95.6 Å². The summed E-state index contributed by atoms with van der Waals surface area (Å²) in [5, 5.41) is 8.08. The monoisotopic (exact) mass is 886 g/mol. The zero-order valence-electron chi connectivity index (χ0n) is 38.5. The van der Waals surface area contributed by atoms with Gasteiger partial charge in [-0.3, -0.25) is 0 Å². The maximum absolute atomic E-state index is 13.7. The third-order valence-electron chi connectivity index (χ3n) is 13.2. The number of halogens is 3. The van der Waals surface area contributed by atoms with Crippen molar-refractivity contribution < 1.29 is 22.0 Å². The maximum atomic E-state index is 13.7. The highest BCUT2D eigenvalue weighted by molar-refractivity contribution is 6.28. The second-order valence-corrected chi connectivity index (χ2v) is 19.9. The summed E-state index contributed by atoms with van der Waals surface area (Å²) >= 11 is 0. The molecule has 7 heteroatoms. The largest absolute Gasteiger partial charge is 0.456 e. The molecule has 0 aliphatic rings. The Kier molecular flexibility index (Phi) is 9.61. The van der Waals surface area contributed by atoms with E-state index < -0.39 is 11.7 Å². The van der Waals surface area contributed by atoms with Crippen LogP contribution in [0.5, 0.6) is 0 Å². The summed E-state index contributed by atoms with van der Waals surface area (Å²) in [5.74, 6) is 0. The molecule has 0 bridgehead atoms. The number of furan rings is 2. The Bertz CT molecular complexity index is 3620. The number of alkyl halides is 3. The second-order valence-electron chi connectivity index (χ2n) is 19.9. The van der Waals surface area contributed by atoms with Crippen LogP contribution in [0.4, 0.5) is 47.3 Å². The molecule has 0 atom stereocenters. The van der Waals surface area contributed by atoms with E-state index in [4.69, 9.17) is 8.83 Å². The Morgan fingerprint density at radius 3 is 1.04 bits per heavy atom. The van der Waals surface area contributed by atoms with Gasteiger partial charge in [-0.25, -0.2) is 0 Å². The lowest BCUT2D eigenvalue weighted by Gasteiger charge is -2.27. The average molecular weight is 887 g/mol. The lowest BCUT2D eigenvalue weighted by molar-refractivity contribution is -0.137. The van der Waals surface area contributed by atoms with Crippen molar-refractivity contribution in [2.75, 3.05) is 9.80 Å². The van der Waals surface area contributed by atoms with Gasteiger partial charge in [0, 0.05) is 55.7 Å². The van der Waals surface area contributed by atoms with Crippen LogP contribution in [0.3, 0.4) is 0 Å². The predicted molar refractivity (Wildman–Crippen MR) is 273 cm³/mol. The molecule has 4 nitrogen and oxygen atoms in total. The Hall–Kier alpha value is -7.51. The molecule has 67 heavy (non-hydrogen) atoms. The fourth-order valence-corrected chi connectivity index (χ4v) is 9.48. The van der Waals surface area contributed by atoms with E-state index >= 15 is 0 Å². The fourth-order valence-electron chi connectivity index (χ4n) is 9.48. The van der Waals surface area contributed by atoms with Crippen molar-refractivity contribution in [2.24, 2.45) is 0 Å². The number of hydrogen-bond donors (Lipinski definition) is 0. The average Bonchev–Trinajstić information content (AvgIpc) is 3.84. The van der Waals surface area contributed by atoms with Gasteiger partial charge in [-0.2, -0.15) is 13.2 Å². The molecule has 0 radical (unpaired) electrons. The van der Waals surface area contributed by atoms with E-state index in [9.17, 15) is 13.2 Å². The normalized spacial score (nSPS) is 12.6. The van der Waals surface area contributed by atoms with E-state index in [-0.39, 0.29) is 10.8 Å². The first-order valence-corrected chi connectivity index (χ1v) is 22.7. The SMILES string of the molecule is Cc1ccc(N(c2ccc(C(C)(C)C)cc2)c2ccc3cc4c(cc3c2)oc2ccc3oc5cc6cc(N(c7ccc(C(C)(C)C)cc7)c7ccc(C(F)(F)F)cc7)ccc6cc5c3c24)cc1. The lowest BCUT2D eigenvalue weighted by Crippen LogP contribution is -2.13. The van der Waals surface area contributed by atoms with E-state index in [1.54, 1.807) is 0 Å². The van der Waals surface area contributed by atoms with Crippen molar-refractivity contribution in [3.8, 4) is 0 Å². The molecule has 0 aliphatic heterocycles. The van der Waals surface area contributed by atoms with Gasteiger partial charge in [0.15, 0.2) is 0 Å². The second kappa shape index (κ2) is 15.3. The van der Waals surface area contributed by atoms with E-state index in [0.717, 1.165) is 112 Å². The summed E-state index contributed by atoms with van der Waals surface area (Å²) in [4.78, 5) is 4.30. The lowest BCUT2D eigenvalue weighted by atomic mass is 9.87. The summed E-state index contributed by atoms with van der Waals surface area (Å²) in [6.45, 7) is 15.3. The quantitative estimate of drug-likeness (QED) is 0.167. The van der Waals surface area contributed by atoms with Gasteiger partial charge in [0.2, 0.25) is 0 Å². The van der Waals surface area contributed by atoms with Crippen LogP contribution in [0.2, 0.25) is 0 Å². The van der Waals surface area contributed by atoms with E-state index in [1.807, 2.05) is 35.2 Å². The molecule has 0 unspecified atom stereocenters. The number of rotatable bonds is 6. The van der Waals surface area contributed by atoms with Crippen LogP contribution in [0.1, 0.15) is 63.8 Å². The Morgan fingerprint density at radius 2 is 0.687 bits per heavy atom. The molecule has 0 N–H and O–H groups in total. The minimum absolute atomic E-state index is 0.0478. The molecule has 9 aromatic carbocycles. The molecule has 0 saturated heterocycles. The summed E-state index contributed by atoms with van der Waals surface area (Å²) in [6, 6.07) is 56.4. The Morgan fingerprint density at radius 1 is 0.343 bits per heavy atom. The van der Waals surface area contributed by atoms with Gasteiger partial charge in [-0.15, -0.1) is 0 Å². The van der Waals surface area contributed by atoms with E-state index in [1.165, 1.54) is 23.3 Å². The summed E-state index contributed by atoms with van der Waals surface area (Å²) in [6.07, 6.45) is -4.43. The topological polar surface area (TPSA) is 32.8 Å². The molecule has 11 rings (SSSR count). The number of fused-ring (bicyclic) bond motifs is 9. The number of hydrogen-bond acceptors (Lipinski definition) is 4. The zero-order chi connectivity index (χ0) is 46.6. The zero-order valence-corrected chi connectivity index (χ0v) is 38.5. The summed E-state index contributed by atoms with van der Waals surface area (Å²) in [7, 11) is 0. The van der Waals surface area contributed by atoms with E-state index in [0.29, 0.717) is 5.69 Å². The van der Waals surface area contributed by atoms with Gasteiger partial charge >= 0.3 is 6.18 Å². The van der Waals surface area contributed by atoms with Crippen LogP contribution in [-0.4, -0.2) is 0 Å². The van der Waals surface area contributed by atoms with Crippen molar-refractivity contribution in [1.82, 2.24) is 0 Å². The summed E-state index contributed by atoms with van der Waals surface area (Å²) in [5.41, 5.74) is 11.5. The third-order valence-corrected chi connectivity index (χ3v) is 13.2. The smallest absolute Gasteiger partial charge is 0.416 e. The summed E-state index contributed by atoms with van der Waals surface area (Å²) < 4.78 is 54.3. The first-order valence-electron chi connectivity index (χ1n) is 22.7. The minimum Gasteiger partial charge on any atom is -0.456 e. The van der Waals surface area contributed by atoms with Gasteiger partial charge in [0.05, 0.1) is 5.56 Å². The van der Waals surface area contributed by atoms with E-state index in [2.05, 4.69) is 169 Å². The first kappa shape index (κ1) is 42.1. The van der Waals surface area contributed by atoms with Crippen LogP contribution >= 0.6 is 0 Å². The highest BCUT2D eigenvalue weighted by Crippen LogP contribution is 2.45. The van der Waals surface area contributed by atoms with Crippen LogP contribution in [-0.2, 0) is 17.0 Å². The number of benzene rings is 9. The molecule has 0 saturated carbocycles. The van der Waals surface area contributed by atoms with Crippen molar-refractivity contribution in [1.29, 1.82) is 0 Å². The number of aryl methyl sites for hydroxylation is 1. The molecular formula is C60H49F3N2O2. The van der Waals surface area contributed by atoms with Crippen molar-refractivity contribution in [2.45, 2.75) is 65.5 Å². The minimum atomic E-state index is -4.43. The van der Waals surface area contributed by atoms with Gasteiger partial charge in [-0.05, 0) is 172 Å². The van der Waals surface area contributed by atoms with Crippen LogP contribution in [0, 0.1) is 6.92 Å². The van der Waals surface area contributed by atoms with Crippen molar-refractivity contribution in [3.63, 3.8) is 0 Å². The predicted octanol–water partition coefficient (Wildman–Crippen LogP) is 18.7. The standard InChI is InChI=1S/C60H49F3N2O2/c1-36-8-18-44(19-9-36)64(45-22-12-41(13-23-45)58(2,3)4)48-20-10-37-32-50-54(34-39(37)30-48)66-52-28-29-53-57(56(50)52)51-33-38-11-21-49(31-40(38)35-55(51)67-53)65(46-24-14-42(15-25-46)59(5,6)7)47-26-16-43(17-27-47)60(61,62)63/h8-35H,1-7H3. The Balaban J connectivity index is 1.01. The molecule has 0 aliphatic carbocycles. The molecular weight excluding hydrogens is 838 g/mol.